The quantitative estimate of drug-likeness (QED) is 0.841. The lowest BCUT2D eigenvalue weighted by molar-refractivity contribution is -0.124. The first-order valence-corrected chi connectivity index (χ1v) is 7.09. The zero-order valence-corrected chi connectivity index (χ0v) is 13.1. The third-order valence-electron chi connectivity index (χ3n) is 2.77. The molecule has 0 heterocycles. The van der Waals surface area contributed by atoms with Gasteiger partial charge in [-0.05, 0) is 40.3 Å². The van der Waals surface area contributed by atoms with E-state index in [4.69, 9.17) is 4.74 Å². The van der Waals surface area contributed by atoms with Crippen molar-refractivity contribution >= 4 is 5.91 Å². The van der Waals surface area contributed by atoms with E-state index in [9.17, 15) is 4.79 Å². The Balaban J connectivity index is 2.66. The van der Waals surface area contributed by atoms with Crippen LogP contribution in [-0.2, 0) is 4.79 Å². The number of para-hydroxylation sites is 1. The minimum absolute atomic E-state index is 0.0348. The van der Waals surface area contributed by atoms with Crippen molar-refractivity contribution in [1.29, 1.82) is 0 Å². The largest absolute Gasteiger partial charge is 0.483 e. The van der Waals surface area contributed by atoms with Gasteiger partial charge in [-0.2, -0.15) is 0 Å². The van der Waals surface area contributed by atoms with E-state index < -0.39 is 0 Å². The Morgan fingerprint density at radius 2 is 1.95 bits per heavy atom. The summed E-state index contributed by atoms with van der Waals surface area (Å²) in [5, 5.41) is 6.23. The van der Waals surface area contributed by atoms with Gasteiger partial charge in [0.25, 0.3) is 5.91 Å². The summed E-state index contributed by atoms with van der Waals surface area (Å²) in [4.78, 5) is 11.8. The molecule has 4 heteroatoms. The zero-order valence-electron chi connectivity index (χ0n) is 13.1. The van der Waals surface area contributed by atoms with Gasteiger partial charge in [-0.1, -0.05) is 25.1 Å². The predicted molar refractivity (Wildman–Crippen MR) is 81.9 cm³/mol. The molecule has 1 aromatic rings. The van der Waals surface area contributed by atoms with Gasteiger partial charge in [-0.3, -0.25) is 4.79 Å². The van der Waals surface area contributed by atoms with E-state index in [-0.39, 0.29) is 24.1 Å². The lowest BCUT2D eigenvalue weighted by atomic mass is 10.1. The Bertz CT molecular complexity index is 438. The smallest absolute Gasteiger partial charge is 0.258 e. The lowest BCUT2D eigenvalue weighted by Crippen LogP contribution is -2.43. The molecule has 0 aliphatic rings. The van der Waals surface area contributed by atoms with Gasteiger partial charge in [0.2, 0.25) is 0 Å². The molecule has 0 saturated carbocycles. The molecule has 0 fully saturated rings. The van der Waals surface area contributed by atoms with Crippen molar-refractivity contribution in [3.8, 4) is 5.75 Å². The van der Waals surface area contributed by atoms with Gasteiger partial charge in [0.15, 0.2) is 6.61 Å². The summed E-state index contributed by atoms with van der Waals surface area (Å²) < 4.78 is 5.66. The molecule has 0 aliphatic heterocycles. The van der Waals surface area contributed by atoms with Crippen molar-refractivity contribution < 1.29 is 9.53 Å². The summed E-state index contributed by atoms with van der Waals surface area (Å²) >= 11 is 0. The first-order valence-electron chi connectivity index (χ1n) is 7.09. The second-order valence-corrected chi connectivity index (χ2v) is 5.90. The SMILES string of the molecule is CCNC(C)c1ccccc1OCC(=O)NC(C)(C)C. The Morgan fingerprint density at radius 3 is 2.55 bits per heavy atom. The maximum absolute atomic E-state index is 11.8. The van der Waals surface area contributed by atoms with Crippen molar-refractivity contribution in [2.45, 2.75) is 46.2 Å². The van der Waals surface area contributed by atoms with E-state index >= 15 is 0 Å². The van der Waals surface area contributed by atoms with Crippen LogP contribution in [0.1, 0.15) is 46.2 Å². The summed E-state index contributed by atoms with van der Waals surface area (Å²) in [5.74, 6) is 0.647. The van der Waals surface area contributed by atoms with Gasteiger partial charge in [0.1, 0.15) is 5.75 Å². The maximum atomic E-state index is 11.8. The lowest BCUT2D eigenvalue weighted by Gasteiger charge is -2.21. The Hall–Kier alpha value is -1.55. The number of hydrogen-bond acceptors (Lipinski definition) is 3. The molecule has 0 aliphatic carbocycles. The summed E-state index contributed by atoms with van der Waals surface area (Å²) in [6.45, 7) is 10.9. The van der Waals surface area contributed by atoms with E-state index in [1.54, 1.807) is 0 Å². The molecule has 20 heavy (non-hydrogen) atoms. The number of ether oxygens (including phenoxy) is 1. The van der Waals surface area contributed by atoms with Crippen molar-refractivity contribution in [1.82, 2.24) is 10.6 Å². The summed E-state index contributed by atoms with van der Waals surface area (Å²) in [5.41, 5.74) is 0.828. The Kier molecular flexibility index (Phi) is 6.02. The highest BCUT2D eigenvalue weighted by Gasteiger charge is 2.15. The number of carbonyl (C=O) groups is 1. The average Bonchev–Trinajstić information content (AvgIpc) is 2.35. The fourth-order valence-electron chi connectivity index (χ4n) is 1.98. The molecular formula is C16H26N2O2. The van der Waals surface area contributed by atoms with E-state index in [0.717, 1.165) is 17.9 Å². The maximum Gasteiger partial charge on any atom is 0.258 e. The molecule has 0 saturated heterocycles. The van der Waals surface area contributed by atoms with Crippen LogP contribution in [0.2, 0.25) is 0 Å². The number of hydrogen-bond donors (Lipinski definition) is 2. The predicted octanol–water partition coefficient (Wildman–Crippen LogP) is 2.65. The van der Waals surface area contributed by atoms with Crippen molar-refractivity contribution in [3.63, 3.8) is 0 Å². The number of carbonyl (C=O) groups excluding carboxylic acids is 1. The molecule has 0 radical (unpaired) electrons. The Morgan fingerprint density at radius 1 is 1.30 bits per heavy atom. The standard InChI is InChI=1S/C16H26N2O2/c1-6-17-12(2)13-9-7-8-10-14(13)20-11-15(19)18-16(3,4)5/h7-10,12,17H,6,11H2,1-5H3,(H,18,19). The van der Waals surface area contributed by atoms with E-state index in [1.165, 1.54) is 0 Å². The number of rotatable bonds is 6. The normalized spacial score (nSPS) is 12.8. The van der Waals surface area contributed by atoms with Crippen LogP contribution in [0, 0.1) is 0 Å². The minimum Gasteiger partial charge on any atom is -0.483 e. The summed E-state index contributed by atoms with van der Waals surface area (Å²) in [6.07, 6.45) is 0. The summed E-state index contributed by atoms with van der Waals surface area (Å²) in [6, 6.07) is 8.00. The highest BCUT2D eigenvalue weighted by atomic mass is 16.5. The van der Waals surface area contributed by atoms with Crippen LogP contribution < -0.4 is 15.4 Å². The second kappa shape index (κ2) is 7.29. The van der Waals surface area contributed by atoms with E-state index in [0.29, 0.717) is 0 Å². The molecule has 4 nitrogen and oxygen atoms in total. The average molecular weight is 278 g/mol. The molecule has 1 aromatic carbocycles. The van der Waals surface area contributed by atoms with Gasteiger partial charge >= 0.3 is 0 Å². The van der Waals surface area contributed by atoms with Gasteiger partial charge < -0.3 is 15.4 Å². The first kappa shape index (κ1) is 16.5. The van der Waals surface area contributed by atoms with Gasteiger partial charge in [-0.15, -0.1) is 0 Å². The molecule has 0 bridgehead atoms. The van der Waals surface area contributed by atoms with E-state index in [2.05, 4.69) is 24.5 Å². The molecule has 1 amide bonds. The van der Waals surface area contributed by atoms with E-state index in [1.807, 2.05) is 45.0 Å². The first-order chi connectivity index (χ1) is 9.33. The molecule has 1 atom stereocenters. The van der Waals surface area contributed by atoms with Crippen LogP contribution in [-0.4, -0.2) is 24.6 Å². The molecule has 0 aromatic heterocycles. The highest BCUT2D eigenvalue weighted by Crippen LogP contribution is 2.24. The number of benzene rings is 1. The minimum atomic E-state index is -0.239. The van der Waals surface area contributed by atoms with Gasteiger partial charge in [0, 0.05) is 17.1 Å². The van der Waals surface area contributed by atoms with Crippen LogP contribution in [0.5, 0.6) is 5.75 Å². The molecular weight excluding hydrogens is 252 g/mol. The van der Waals surface area contributed by atoms with Crippen molar-refractivity contribution in [2.75, 3.05) is 13.2 Å². The van der Waals surface area contributed by atoms with Crippen LogP contribution in [0.3, 0.4) is 0 Å². The second-order valence-electron chi connectivity index (χ2n) is 5.90. The molecule has 0 spiro atoms. The number of amides is 1. The monoisotopic (exact) mass is 278 g/mol. The molecule has 1 unspecified atom stereocenters. The van der Waals surface area contributed by atoms with Gasteiger partial charge in [0.05, 0.1) is 0 Å². The third kappa shape index (κ3) is 5.61. The van der Waals surface area contributed by atoms with Crippen molar-refractivity contribution in [2.24, 2.45) is 0 Å². The van der Waals surface area contributed by atoms with Crippen molar-refractivity contribution in [3.05, 3.63) is 29.8 Å². The Labute approximate surface area is 121 Å². The third-order valence-corrected chi connectivity index (χ3v) is 2.77. The topological polar surface area (TPSA) is 50.4 Å². The number of nitrogens with one attached hydrogen (secondary N) is 2. The fraction of sp³-hybridized carbons (Fsp3) is 0.562. The van der Waals surface area contributed by atoms with Crippen LogP contribution in [0.25, 0.3) is 0 Å². The summed E-state index contributed by atoms with van der Waals surface area (Å²) in [7, 11) is 0. The van der Waals surface area contributed by atoms with Gasteiger partial charge in [-0.25, -0.2) is 0 Å². The van der Waals surface area contributed by atoms with Crippen LogP contribution >= 0.6 is 0 Å². The highest BCUT2D eigenvalue weighted by molar-refractivity contribution is 5.78. The van der Waals surface area contributed by atoms with Crippen LogP contribution in [0.15, 0.2) is 24.3 Å². The van der Waals surface area contributed by atoms with Crippen LogP contribution in [0.4, 0.5) is 0 Å². The molecule has 2 N–H and O–H groups in total. The fourth-order valence-corrected chi connectivity index (χ4v) is 1.98. The zero-order chi connectivity index (χ0) is 15.2. The molecule has 1 rings (SSSR count). The molecule has 112 valence electrons.